The van der Waals surface area contributed by atoms with E-state index in [1.807, 2.05) is 13.8 Å². The first-order valence-corrected chi connectivity index (χ1v) is 8.41. The van der Waals surface area contributed by atoms with Gasteiger partial charge in [-0.05, 0) is 13.8 Å². The van der Waals surface area contributed by atoms with Crippen molar-refractivity contribution >= 4 is 5.91 Å². The maximum Gasteiger partial charge on any atom is 0.227 e. The van der Waals surface area contributed by atoms with E-state index in [0.717, 1.165) is 19.6 Å². The zero-order valence-corrected chi connectivity index (χ0v) is 14.5. The molecule has 1 amide bonds. The van der Waals surface area contributed by atoms with Crippen molar-refractivity contribution in [2.75, 3.05) is 26.2 Å². The zero-order valence-electron chi connectivity index (χ0n) is 14.5. The van der Waals surface area contributed by atoms with Crippen LogP contribution in [-0.4, -0.2) is 59.3 Å². The molecule has 0 radical (unpaired) electrons. The standard InChI is InChI=1S/C16H28N4O3/c1-11(2)16-18-15(23-19-16)6-5-14(21)17-7-8-20-9-12(3)22-13(4)10-20/h11-13H,5-10H2,1-4H3,(H,17,21). The number of nitrogens with zero attached hydrogens (tertiary/aromatic N) is 3. The van der Waals surface area contributed by atoms with Crippen LogP contribution in [0.5, 0.6) is 0 Å². The van der Waals surface area contributed by atoms with Crippen LogP contribution in [0.1, 0.15) is 51.7 Å². The summed E-state index contributed by atoms with van der Waals surface area (Å²) in [5.41, 5.74) is 0. The summed E-state index contributed by atoms with van der Waals surface area (Å²) in [5.74, 6) is 1.47. The third-order valence-electron chi connectivity index (χ3n) is 3.81. The van der Waals surface area contributed by atoms with Crippen molar-refractivity contribution in [1.82, 2.24) is 20.4 Å². The molecule has 0 bridgehead atoms. The molecule has 1 aromatic rings. The van der Waals surface area contributed by atoms with Crippen LogP contribution in [0, 0.1) is 0 Å². The van der Waals surface area contributed by atoms with E-state index in [1.54, 1.807) is 0 Å². The van der Waals surface area contributed by atoms with Crippen molar-refractivity contribution < 1.29 is 14.1 Å². The van der Waals surface area contributed by atoms with Crippen molar-refractivity contribution in [3.05, 3.63) is 11.7 Å². The Labute approximate surface area is 137 Å². The normalized spacial score (nSPS) is 22.5. The number of nitrogens with one attached hydrogen (secondary N) is 1. The highest BCUT2D eigenvalue weighted by Crippen LogP contribution is 2.11. The number of carbonyl (C=O) groups excluding carboxylic acids is 1. The Hall–Kier alpha value is -1.47. The van der Waals surface area contributed by atoms with Crippen LogP contribution in [0.2, 0.25) is 0 Å². The van der Waals surface area contributed by atoms with Gasteiger partial charge in [0.05, 0.1) is 12.2 Å². The minimum atomic E-state index is 0.0173. The van der Waals surface area contributed by atoms with E-state index in [2.05, 4.69) is 34.2 Å². The minimum absolute atomic E-state index is 0.0173. The van der Waals surface area contributed by atoms with Gasteiger partial charge in [0.1, 0.15) is 0 Å². The summed E-state index contributed by atoms with van der Waals surface area (Å²) >= 11 is 0. The number of morpholine rings is 1. The SMILES string of the molecule is CC1CN(CCNC(=O)CCc2nc(C(C)C)no2)CC(C)O1. The van der Waals surface area contributed by atoms with Crippen molar-refractivity contribution in [3.8, 4) is 0 Å². The molecule has 0 saturated carbocycles. The Morgan fingerprint density at radius 1 is 1.35 bits per heavy atom. The second-order valence-corrected chi connectivity index (χ2v) is 6.57. The van der Waals surface area contributed by atoms with Gasteiger partial charge in [0.25, 0.3) is 0 Å². The molecule has 1 N–H and O–H groups in total. The Kier molecular flexibility index (Phi) is 6.53. The van der Waals surface area contributed by atoms with E-state index < -0.39 is 0 Å². The van der Waals surface area contributed by atoms with Crippen molar-refractivity contribution in [1.29, 1.82) is 0 Å². The first-order valence-electron chi connectivity index (χ1n) is 8.41. The smallest absolute Gasteiger partial charge is 0.227 e. The molecular formula is C16H28N4O3. The Balaban J connectivity index is 1.63. The number of hydrogen-bond donors (Lipinski definition) is 1. The highest BCUT2D eigenvalue weighted by molar-refractivity contribution is 5.75. The predicted molar refractivity (Wildman–Crippen MR) is 86.2 cm³/mol. The molecule has 2 rings (SSSR count). The fraction of sp³-hybridized carbons (Fsp3) is 0.812. The monoisotopic (exact) mass is 324 g/mol. The topological polar surface area (TPSA) is 80.5 Å². The van der Waals surface area contributed by atoms with Crippen LogP contribution < -0.4 is 5.32 Å². The van der Waals surface area contributed by atoms with Gasteiger partial charge in [0.2, 0.25) is 11.8 Å². The molecule has 0 spiro atoms. The second-order valence-electron chi connectivity index (χ2n) is 6.57. The molecule has 23 heavy (non-hydrogen) atoms. The highest BCUT2D eigenvalue weighted by atomic mass is 16.5. The Morgan fingerprint density at radius 3 is 2.65 bits per heavy atom. The summed E-state index contributed by atoms with van der Waals surface area (Å²) in [6.07, 6.45) is 1.36. The maximum absolute atomic E-state index is 11.9. The third-order valence-corrected chi connectivity index (χ3v) is 3.81. The van der Waals surface area contributed by atoms with Crippen molar-refractivity contribution in [2.24, 2.45) is 0 Å². The average Bonchev–Trinajstić information content (AvgIpc) is 2.93. The number of ether oxygens (including phenoxy) is 1. The van der Waals surface area contributed by atoms with E-state index in [9.17, 15) is 4.79 Å². The van der Waals surface area contributed by atoms with E-state index in [0.29, 0.717) is 31.1 Å². The first-order chi connectivity index (χ1) is 10.9. The molecule has 1 aliphatic heterocycles. The Bertz CT molecular complexity index is 493. The van der Waals surface area contributed by atoms with Gasteiger partial charge >= 0.3 is 0 Å². The predicted octanol–water partition coefficient (Wildman–Crippen LogP) is 1.35. The van der Waals surface area contributed by atoms with Gasteiger partial charge in [0, 0.05) is 44.9 Å². The zero-order chi connectivity index (χ0) is 16.8. The third kappa shape index (κ3) is 5.91. The lowest BCUT2D eigenvalue weighted by Crippen LogP contribution is -2.47. The summed E-state index contributed by atoms with van der Waals surface area (Å²) in [6, 6.07) is 0. The quantitative estimate of drug-likeness (QED) is 0.815. The highest BCUT2D eigenvalue weighted by Gasteiger charge is 2.21. The van der Waals surface area contributed by atoms with Crippen LogP contribution in [0.15, 0.2) is 4.52 Å². The van der Waals surface area contributed by atoms with E-state index in [-0.39, 0.29) is 24.0 Å². The van der Waals surface area contributed by atoms with Crippen molar-refractivity contribution in [2.45, 2.75) is 58.7 Å². The molecule has 1 fully saturated rings. The van der Waals surface area contributed by atoms with Gasteiger partial charge < -0.3 is 14.6 Å². The van der Waals surface area contributed by atoms with Crippen LogP contribution >= 0.6 is 0 Å². The largest absolute Gasteiger partial charge is 0.373 e. The van der Waals surface area contributed by atoms with Crippen LogP contribution in [0.25, 0.3) is 0 Å². The fourth-order valence-electron chi connectivity index (χ4n) is 2.73. The molecule has 2 heterocycles. The minimum Gasteiger partial charge on any atom is -0.373 e. The molecule has 2 unspecified atom stereocenters. The van der Waals surface area contributed by atoms with E-state index in [4.69, 9.17) is 9.26 Å². The van der Waals surface area contributed by atoms with E-state index >= 15 is 0 Å². The van der Waals surface area contributed by atoms with Crippen LogP contribution in [0.4, 0.5) is 0 Å². The summed E-state index contributed by atoms with van der Waals surface area (Å²) in [4.78, 5) is 18.5. The van der Waals surface area contributed by atoms with Gasteiger partial charge in [0.15, 0.2) is 5.82 Å². The number of aromatic nitrogens is 2. The van der Waals surface area contributed by atoms with Gasteiger partial charge in [-0.2, -0.15) is 4.98 Å². The van der Waals surface area contributed by atoms with Gasteiger partial charge in [-0.25, -0.2) is 0 Å². The molecule has 7 nitrogen and oxygen atoms in total. The molecular weight excluding hydrogens is 296 g/mol. The molecule has 1 aromatic heterocycles. The molecule has 130 valence electrons. The van der Waals surface area contributed by atoms with Crippen LogP contribution in [-0.2, 0) is 16.0 Å². The van der Waals surface area contributed by atoms with Gasteiger partial charge in [-0.1, -0.05) is 19.0 Å². The Morgan fingerprint density at radius 2 is 2.04 bits per heavy atom. The first kappa shape index (κ1) is 17.9. The summed E-state index contributed by atoms with van der Waals surface area (Å²) in [6.45, 7) is 11.5. The molecule has 2 atom stereocenters. The fourth-order valence-corrected chi connectivity index (χ4v) is 2.73. The van der Waals surface area contributed by atoms with Gasteiger partial charge in [-0.15, -0.1) is 0 Å². The number of rotatable bonds is 7. The number of carbonyl (C=O) groups is 1. The van der Waals surface area contributed by atoms with Crippen LogP contribution in [0.3, 0.4) is 0 Å². The van der Waals surface area contributed by atoms with Gasteiger partial charge in [-0.3, -0.25) is 9.69 Å². The summed E-state index contributed by atoms with van der Waals surface area (Å²) in [5, 5.41) is 6.84. The lowest BCUT2D eigenvalue weighted by atomic mass is 10.2. The number of aryl methyl sites for hydroxylation is 1. The molecule has 0 aliphatic carbocycles. The second kappa shape index (κ2) is 8.40. The summed E-state index contributed by atoms with van der Waals surface area (Å²) in [7, 11) is 0. The summed E-state index contributed by atoms with van der Waals surface area (Å²) < 4.78 is 10.8. The lowest BCUT2D eigenvalue weighted by molar-refractivity contribution is -0.121. The molecule has 0 aromatic carbocycles. The number of amides is 1. The molecule has 1 saturated heterocycles. The number of hydrogen-bond acceptors (Lipinski definition) is 6. The lowest BCUT2D eigenvalue weighted by Gasteiger charge is -2.35. The molecule has 7 heteroatoms. The van der Waals surface area contributed by atoms with Crippen molar-refractivity contribution in [3.63, 3.8) is 0 Å². The maximum atomic E-state index is 11.9. The molecule has 1 aliphatic rings. The van der Waals surface area contributed by atoms with E-state index in [1.165, 1.54) is 0 Å². The average molecular weight is 324 g/mol.